The number of benzene rings is 1. The van der Waals surface area contributed by atoms with Gasteiger partial charge in [0.2, 0.25) is 0 Å². The summed E-state index contributed by atoms with van der Waals surface area (Å²) in [6.07, 6.45) is 7.23. The first-order valence-corrected chi connectivity index (χ1v) is 11.3. The smallest absolute Gasteiger partial charge is 0.298 e. The number of carbonyl (C=O) groups is 1. The van der Waals surface area contributed by atoms with Gasteiger partial charge in [-0.2, -0.15) is 4.98 Å². The predicted octanol–water partition coefficient (Wildman–Crippen LogP) is 4.57. The summed E-state index contributed by atoms with van der Waals surface area (Å²) in [5, 5.41) is 2.76. The van der Waals surface area contributed by atoms with Crippen molar-refractivity contribution in [1.82, 2.24) is 4.98 Å². The molecule has 162 valence electrons. The summed E-state index contributed by atoms with van der Waals surface area (Å²) in [4.78, 5) is 19.5. The summed E-state index contributed by atoms with van der Waals surface area (Å²) in [5.41, 5.74) is 2.07. The number of amides is 1. The van der Waals surface area contributed by atoms with E-state index in [1.807, 2.05) is 6.92 Å². The Morgan fingerprint density at radius 1 is 1.32 bits per heavy atom. The number of rotatable bonds is 6. The highest BCUT2D eigenvalue weighted by Crippen LogP contribution is 2.48. The van der Waals surface area contributed by atoms with Gasteiger partial charge in [0.1, 0.15) is 11.9 Å². The van der Waals surface area contributed by atoms with Crippen molar-refractivity contribution in [3.63, 3.8) is 0 Å². The third-order valence-electron chi connectivity index (χ3n) is 7.21. The van der Waals surface area contributed by atoms with Gasteiger partial charge in [0.05, 0.1) is 0 Å². The van der Waals surface area contributed by atoms with Gasteiger partial charge in [-0.3, -0.25) is 4.79 Å². The van der Waals surface area contributed by atoms with Crippen LogP contribution in [-0.4, -0.2) is 30.1 Å². The Balaban J connectivity index is 1.15. The molecule has 4 aliphatic rings. The highest BCUT2D eigenvalue weighted by molar-refractivity contribution is 6.03. The molecule has 3 fully saturated rings. The highest BCUT2D eigenvalue weighted by Gasteiger charge is 2.41. The molecule has 2 heterocycles. The van der Waals surface area contributed by atoms with Gasteiger partial charge in [0.25, 0.3) is 11.9 Å². The summed E-state index contributed by atoms with van der Waals surface area (Å²) < 4.78 is 26.2. The molecule has 2 aromatic rings. The van der Waals surface area contributed by atoms with Crippen LogP contribution in [0.3, 0.4) is 0 Å². The largest absolute Gasteiger partial charge is 0.483 e. The second-order valence-corrected chi connectivity index (χ2v) is 9.26. The van der Waals surface area contributed by atoms with Crippen molar-refractivity contribution < 1.29 is 18.3 Å². The van der Waals surface area contributed by atoms with E-state index in [1.54, 1.807) is 12.1 Å². The molecule has 1 amide bonds. The van der Waals surface area contributed by atoms with Gasteiger partial charge in [0.15, 0.2) is 17.3 Å². The van der Waals surface area contributed by atoms with E-state index in [1.165, 1.54) is 24.5 Å². The molecular weight excluding hydrogens is 397 g/mol. The second-order valence-electron chi connectivity index (χ2n) is 9.26. The van der Waals surface area contributed by atoms with E-state index in [0.717, 1.165) is 37.8 Å². The Bertz CT molecular complexity index is 1070. The van der Waals surface area contributed by atoms with Gasteiger partial charge in [0, 0.05) is 31.3 Å². The van der Waals surface area contributed by atoms with E-state index in [-0.39, 0.29) is 23.5 Å². The van der Waals surface area contributed by atoms with Gasteiger partial charge in [-0.1, -0.05) is 12.5 Å². The lowest BCUT2D eigenvalue weighted by molar-refractivity contribution is 0.102. The SMILES string of the molecule is CCc1oc(N2CC3CCC3C2)nc1C(=O)Nc1ccc(O[C@@H]2C=C3CC3C2)c(F)c1. The van der Waals surface area contributed by atoms with Crippen molar-refractivity contribution >= 4 is 17.6 Å². The lowest BCUT2D eigenvalue weighted by Crippen LogP contribution is -2.22. The topological polar surface area (TPSA) is 67.6 Å². The number of hydrogen-bond acceptors (Lipinski definition) is 5. The van der Waals surface area contributed by atoms with Gasteiger partial charge in [-0.25, -0.2) is 4.39 Å². The second kappa shape index (κ2) is 7.11. The average Bonchev–Trinajstić information content (AvgIpc) is 3.06. The van der Waals surface area contributed by atoms with Crippen LogP contribution in [0, 0.1) is 23.6 Å². The molecule has 0 bridgehead atoms. The number of anilines is 2. The quantitative estimate of drug-likeness (QED) is 0.690. The van der Waals surface area contributed by atoms with Gasteiger partial charge in [-0.05, 0) is 61.6 Å². The number of carbonyl (C=O) groups excluding carboxylic acids is 1. The zero-order chi connectivity index (χ0) is 21.1. The first-order chi connectivity index (χ1) is 15.1. The van der Waals surface area contributed by atoms with Crippen LogP contribution in [0.15, 0.2) is 34.3 Å². The fourth-order valence-electron chi connectivity index (χ4n) is 5.17. The Kier molecular flexibility index (Phi) is 4.33. The number of oxazole rings is 1. The molecule has 31 heavy (non-hydrogen) atoms. The molecule has 7 heteroatoms. The fourth-order valence-corrected chi connectivity index (χ4v) is 5.17. The Morgan fingerprint density at radius 3 is 2.77 bits per heavy atom. The Morgan fingerprint density at radius 2 is 2.13 bits per heavy atom. The molecule has 6 rings (SSSR count). The molecule has 0 radical (unpaired) electrons. The zero-order valence-electron chi connectivity index (χ0n) is 17.6. The number of aryl methyl sites for hydroxylation is 1. The van der Waals surface area contributed by atoms with Crippen molar-refractivity contribution in [3.8, 4) is 5.75 Å². The lowest BCUT2D eigenvalue weighted by atomic mass is 9.77. The maximum absolute atomic E-state index is 14.6. The lowest BCUT2D eigenvalue weighted by Gasteiger charge is -2.27. The van der Waals surface area contributed by atoms with Crippen molar-refractivity contribution in [2.24, 2.45) is 17.8 Å². The summed E-state index contributed by atoms with van der Waals surface area (Å²) in [7, 11) is 0. The minimum Gasteiger partial charge on any atom is -0.483 e. The van der Waals surface area contributed by atoms with Gasteiger partial charge >= 0.3 is 0 Å². The maximum atomic E-state index is 14.6. The van der Waals surface area contributed by atoms with Crippen molar-refractivity contribution in [3.05, 3.63) is 47.1 Å². The summed E-state index contributed by atoms with van der Waals surface area (Å²) in [6.45, 7) is 3.82. The zero-order valence-corrected chi connectivity index (χ0v) is 17.6. The minimum absolute atomic E-state index is 0.0508. The number of nitrogens with one attached hydrogen (secondary N) is 1. The first-order valence-electron chi connectivity index (χ1n) is 11.3. The summed E-state index contributed by atoms with van der Waals surface area (Å²) in [5.74, 6) is 1.99. The molecule has 2 saturated carbocycles. The molecule has 0 spiro atoms. The van der Waals surface area contributed by atoms with Crippen LogP contribution in [0.2, 0.25) is 0 Å². The molecule has 1 aromatic carbocycles. The van der Waals surface area contributed by atoms with E-state index in [4.69, 9.17) is 9.15 Å². The van der Waals surface area contributed by atoms with E-state index >= 15 is 0 Å². The normalized spacial score (nSPS) is 27.9. The number of fused-ring (bicyclic) bond motifs is 2. The van der Waals surface area contributed by atoms with Crippen LogP contribution in [-0.2, 0) is 6.42 Å². The van der Waals surface area contributed by atoms with E-state index < -0.39 is 5.82 Å². The molecule has 1 aliphatic heterocycles. The van der Waals surface area contributed by atoms with Crippen LogP contribution in [0.4, 0.5) is 16.1 Å². The average molecular weight is 423 g/mol. The van der Waals surface area contributed by atoms with E-state index in [9.17, 15) is 9.18 Å². The van der Waals surface area contributed by atoms with Crippen molar-refractivity contribution in [1.29, 1.82) is 0 Å². The van der Waals surface area contributed by atoms with Crippen LogP contribution < -0.4 is 15.0 Å². The van der Waals surface area contributed by atoms with Crippen molar-refractivity contribution in [2.45, 2.75) is 45.1 Å². The highest BCUT2D eigenvalue weighted by atomic mass is 19.1. The number of aromatic nitrogens is 1. The molecule has 1 aromatic heterocycles. The molecule has 4 atom stereocenters. The molecule has 1 saturated heterocycles. The Labute approximate surface area is 180 Å². The van der Waals surface area contributed by atoms with Crippen LogP contribution in [0.5, 0.6) is 5.75 Å². The summed E-state index contributed by atoms with van der Waals surface area (Å²) in [6, 6.07) is 5.04. The van der Waals surface area contributed by atoms with Gasteiger partial charge < -0.3 is 19.4 Å². The van der Waals surface area contributed by atoms with Crippen LogP contribution in [0.25, 0.3) is 0 Å². The van der Waals surface area contributed by atoms with E-state index in [2.05, 4.69) is 21.3 Å². The third-order valence-corrected chi connectivity index (χ3v) is 7.21. The molecule has 1 N–H and O–H groups in total. The number of halogens is 1. The van der Waals surface area contributed by atoms with Crippen LogP contribution >= 0.6 is 0 Å². The molecule has 3 aliphatic carbocycles. The molecule has 6 nitrogen and oxygen atoms in total. The number of ether oxygens (including phenoxy) is 1. The predicted molar refractivity (Wildman–Crippen MR) is 114 cm³/mol. The third kappa shape index (κ3) is 3.40. The van der Waals surface area contributed by atoms with E-state index in [0.29, 0.717) is 29.8 Å². The summed E-state index contributed by atoms with van der Waals surface area (Å²) >= 11 is 0. The fraction of sp³-hybridized carbons (Fsp3) is 0.500. The molecule has 3 unspecified atom stereocenters. The Hall–Kier alpha value is -2.83. The number of hydrogen-bond donors (Lipinski definition) is 1. The van der Waals surface area contributed by atoms with Gasteiger partial charge in [-0.15, -0.1) is 0 Å². The standard InChI is InChI=1S/C24H26FN3O3/c1-2-20-22(27-24(31-20)28-11-13-3-4-14(13)12-28)23(29)26-17-5-6-21(19(25)10-17)30-18-8-15-7-16(15)9-18/h5-6,8,10,13-14,16,18H,2-4,7,9,11-12H2,1H3,(H,26,29)/t13?,14?,16?,18-/m1/s1. The monoisotopic (exact) mass is 423 g/mol. The van der Waals surface area contributed by atoms with Crippen molar-refractivity contribution in [2.75, 3.05) is 23.3 Å². The first kappa shape index (κ1) is 18.9. The number of nitrogens with zero attached hydrogens (tertiary/aromatic N) is 2. The minimum atomic E-state index is -0.485. The van der Waals surface area contributed by atoms with Crippen LogP contribution in [0.1, 0.15) is 48.9 Å². The molecular formula is C24H26FN3O3. The number of allylic oxidation sites excluding steroid dienone is 1. The maximum Gasteiger partial charge on any atom is 0.298 e.